The van der Waals surface area contributed by atoms with Gasteiger partial charge in [0.15, 0.2) is 11.1 Å². The summed E-state index contributed by atoms with van der Waals surface area (Å²) in [6.07, 6.45) is -14.5. The molecule has 1 unspecified atom stereocenters. The van der Waals surface area contributed by atoms with Gasteiger partial charge in [-0.3, -0.25) is 0 Å². The molecule has 1 N–H and O–H groups in total. The fourth-order valence-corrected chi connectivity index (χ4v) is 1.13. The fourth-order valence-electron chi connectivity index (χ4n) is 0.672. The van der Waals surface area contributed by atoms with Crippen LogP contribution in [0.3, 0.4) is 0 Å². The van der Waals surface area contributed by atoms with Gasteiger partial charge in [-0.1, -0.05) is 0 Å². The first-order valence-corrected chi connectivity index (χ1v) is 4.59. The van der Waals surface area contributed by atoms with Gasteiger partial charge in [0.05, 0.1) is 5.75 Å². The molecule has 1 atom stereocenters. The zero-order chi connectivity index (χ0) is 12.5. The van der Waals surface area contributed by atoms with Crippen LogP contribution in [0.5, 0.6) is 0 Å². The van der Waals surface area contributed by atoms with Crippen LogP contribution in [0.15, 0.2) is 0 Å². The van der Waals surface area contributed by atoms with E-state index in [1.165, 1.54) is 0 Å². The predicted molar refractivity (Wildman–Crippen MR) is 36.2 cm³/mol. The molecule has 0 rings (SSSR count). The van der Waals surface area contributed by atoms with Gasteiger partial charge < -0.3 is 4.55 Å². The Labute approximate surface area is 81.7 Å². The summed E-state index contributed by atoms with van der Waals surface area (Å²) in [5.41, 5.74) is -5.45. The predicted octanol–water partition coefficient (Wildman–Crippen LogP) is 2.43. The molecule has 0 fully saturated rings. The second-order valence-electron chi connectivity index (χ2n) is 2.57. The Bertz CT molecular complexity index is 231. The topological polar surface area (TPSA) is 37.3 Å². The van der Waals surface area contributed by atoms with Gasteiger partial charge >= 0.3 is 12.4 Å². The quantitative estimate of drug-likeness (QED) is 0.626. The highest BCUT2D eigenvalue weighted by Gasteiger charge is 2.71. The minimum absolute atomic E-state index is 1.45. The molecular weight excluding hydrogens is 257 g/mol. The van der Waals surface area contributed by atoms with Crippen LogP contribution in [0.2, 0.25) is 0 Å². The second kappa shape index (κ2) is 4.24. The molecule has 0 radical (unpaired) electrons. The van der Waals surface area contributed by atoms with Crippen molar-refractivity contribution in [2.24, 2.45) is 0 Å². The highest BCUT2D eigenvalue weighted by Crippen LogP contribution is 2.48. The maximum absolute atomic E-state index is 12.7. The van der Waals surface area contributed by atoms with Crippen molar-refractivity contribution in [1.29, 1.82) is 0 Å². The molecule has 0 aliphatic heterocycles. The highest BCUT2D eigenvalue weighted by molar-refractivity contribution is 7.79. The van der Waals surface area contributed by atoms with Gasteiger partial charge in [0, 0.05) is 6.42 Å². The van der Waals surface area contributed by atoms with Crippen molar-refractivity contribution < 1.29 is 39.5 Å². The Balaban J connectivity index is 4.98. The first kappa shape index (κ1) is 14.6. The Hall–Kier alpha value is -0.380. The Morgan fingerprint density at radius 3 is 1.47 bits per heavy atom. The molecule has 0 bridgehead atoms. The summed E-state index contributed by atoms with van der Waals surface area (Å²) in [7, 11) is 0. The van der Waals surface area contributed by atoms with Crippen molar-refractivity contribution in [2.75, 3.05) is 5.75 Å². The molecule has 92 valence electrons. The van der Waals surface area contributed by atoms with E-state index in [9.17, 15) is 34.9 Å². The Kier molecular flexibility index (Phi) is 4.13. The molecule has 0 heterocycles. The van der Waals surface area contributed by atoms with E-state index < -0.39 is 41.3 Å². The van der Waals surface area contributed by atoms with Gasteiger partial charge in [-0.2, -0.15) is 26.3 Å². The fraction of sp³-hybridized carbons (Fsp3) is 1.00. The number of hydrogen-bond donors (Lipinski definition) is 1. The normalized spacial score (nSPS) is 16.5. The summed E-state index contributed by atoms with van der Waals surface area (Å²) >= 11 is -2.92. The van der Waals surface area contributed by atoms with Crippen LogP contribution in [0.4, 0.5) is 30.7 Å². The number of halogens is 7. The smallest absolute Gasteiger partial charge is 0.306 e. The van der Waals surface area contributed by atoms with Crippen molar-refractivity contribution in [3.05, 3.63) is 0 Å². The maximum Gasteiger partial charge on any atom is 0.431 e. The van der Waals surface area contributed by atoms with Gasteiger partial charge in [-0.15, -0.1) is 0 Å². The van der Waals surface area contributed by atoms with Crippen molar-refractivity contribution in [2.45, 2.75) is 24.4 Å². The Morgan fingerprint density at radius 1 is 0.933 bits per heavy atom. The minimum Gasteiger partial charge on any atom is -0.306 e. The van der Waals surface area contributed by atoms with E-state index in [0.29, 0.717) is 0 Å². The molecular formula is C5H5F7O2S. The largest absolute Gasteiger partial charge is 0.431 e. The second-order valence-corrected chi connectivity index (χ2v) is 3.62. The summed E-state index contributed by atoms with van der Waals surface area (Å²) < 4.78 is 101. The summed E-state index contributed by atoms with van der Waals surface area (Å²) in [6.45, 7) is 0. The van der Waals surface area contributed by atoms with Gasteiger partial charge in [0.2, 0.25) is 0 Å². The summed E-state index contributed by atoms with van der Waals surface area (Å²) in [5, 5.41) is 0. The van der Waals surface area contributed by atoms with Crippen molar-refractivity contribution in [3.63, 3.8) is 0 Å². The van der Waals surface area contributed by atoms with E-state index in [4.69, 9.17) is 4.55 Å². The zero-order valence-electron chi connectivity index (χ0n) is 6.82. The lowest BCUT2D eigenvalue weighted by atomic mass is 10.0. The molecule has 0 spiro atoms. The first-order chi connectivity index (χ1) is 6.42. The lowest BCUT2D eigenvalue weighted by molar-refractivity contribution is -0.341. The van der Waals surface area contributed by atoms with E-state index in [0.717, 1.165) is 0 Å². The third-order valence-electron chi connectivity index (χ3n) is 1.52. The summed E-state index contributed by atoms with van der Waals surface area (Å²) in [5.74, 6) is -1.45. The summed E-state index contributed by atoms with van der Waals surface area (Å²) in [4.78, 5) is 0. The van der Waals surface area contributed by atoms with Gasteiger partial charge in [0.1, 0.15) is 0 Å². The Morgan fingerprint density at radius 2 is 1.27 bits per heavy atom. The molecule has 0 saturated carbocycles. The molecule has 15 heavy (non-hydrogen) atoms. The van der Waals surface area contributed by atoms with E-state index >= 15 is 0 Å². The maximum atomic E-state index is 12.7. The van der Waals surface area contributed by atoms with Crippen LogP contribution in [0.1, 0.15) is 6.42 Å². The van der Waals surface area contributed by atoms with E-state index in [2.05, 4.69) is 0 Å². The third-order valence-corrected chi connectivity index (χ3v) is 2.07. The van der Waals surface area contributed by atoms with E-state index in [-0.39, 0.29) is 0 Å². The third kappa shape index (κ3) is 3.30. The van der Waals surface area contributed by atoms with Gasteiger partial charge in [-0.05, 0) is 0 Å². The van der Waals surface area contributed by atoms with Crippen LogP contribution >= 0.6 is 0 Å². The molecule has 0 aromatic carbocycles. The number of rotatable bonds is 3. The SMILES string of the molecule is O=S(O)CCC(F)(C(F)(F)F)C(F)(F)F. The minimum atomic E-state index is -6.16. The van der Waals surface area contributed by atoms with Crippen LogP contribution in [-0.2, 0) is 11.1 Å². The van der Waals surface area contributed by atoms with Crippen LogP contribution in [0.25, 0.3) is 0 Å². The number of alkyl halides is 7. The molecule has 0 saturated heterocycles. The molecule has 10 heteroatoms. The molecule has 0 amide bonds. The van der Waals surface area contributed by atoms with Crippen LogP contribution < -0.4 is 0 Å². The highest BCUT2D eigenvalue weighted by atomic mass is 32.2. The monoisotopic (exact) mass is 262 g/mol. The summed E-state index contributed by atoms with van der Waals surface area (Å²) in [6, 6.07) is 0. The standard InChI is InChI=1S/C5H5F7O2S/c6-3(4(7,8)9,5(10,11)12)1-2-15(13)14/h1-2H2,(H,13,14). The van der Waals surface area contributed by atoms with Crippen LogP contribution in [-0.4, -0.2) is 32.5 Å². The number of hydrogen-bond acceptors (Lipinski definition) is 1. The molecule has 2 nitrogen and oxygen atoms in total. The molecule has 0 aromatic heterocycles. The van der Waals surface area contributed by atoms with Gasteiger partial charge in [0.25, 0.3) is 5.67 Å². The van der Waals surface area contributed by atoms with E-state index in [1.54, 1.807) is 0 Å². The lowest BCUT2D eigenvalue weighted by Gasteiger charge is -2.29. The van der Waals surface area contributed by atoms with Crippen molar-refractivity contribution >= 4 is 11.1 Å². The lowest BCUT2D eigenvalue weighted by Crippen LogP contribution is -2.53. The van der Waals surface area contributed by atoms with Gasteiger partial charge in [-0.25, -0.2) is 8.60 Å². The van der Waals surface area contributed by atoms with Crippen molar-refractivity contribution in [3.8, 4) is 0 Å². The average molecular weight is 262 g/mol. The first-order valence-electron chi connectivity index (χ1n) is 3.31. The molecule has 0 aliphatic rings. The average Bonchev–Trinajstić information content (AvgIpc) is 1.95. The van der Waals surface area contributed by atoms with Crippen molar-refractivity contribution in [1.82, 2.24) is 0 Å². The molecule has 0 aliphatic carbocycles. The van der Waals surface area contributed by atoms with E-state index in [1.807, 2.05) is 0 Å². The zero-order valence-corrected chi connectivity index (χ0v) is 7.64. The van der Waals surface area contributed by atoms with Crippen LogP contribution in [0, 0.1) is 0 Å². The molecule has 0 aromatic rings.